The van der Waals surface area contributed by atoms with Gasteiger partial charge < -0.3 is 4.90 Å². The third-order valence-corrected chi connectivity index (χ3v) is 17.1. The molecule has 0 saturated heterocycles. The number of benzene rings is 10. The van der Waals surface area contributed by atoms with Crippen molar-refractivity contribution in [2.75, 3.05) is 4.90 Å². The van der Waals surface area contributed by atoms with Gasteiger partial charge in [0, 0.05) is 33.8 Å². The lowest BCUT2D eigenvalue weighted by Crippen LogP contribution is -2.20. The van der Waals surface area contributed by atoms with Crippen molar-refractivity contribution in [3.8, 4) is 44.5 Å². The smallest absolute Gasteiger partial charge is 0.0468 e. The fourth-order valence-electron chi connectivity index (χ4n) is 13.4. The molecule has 1 atom stereocenters. The normalized spacial score (nSPS) is 16.9. The summed E-state index contributed by atoms with van der Waals surface area (Å²) in [5, 5.41) is 7.55. The number of rotatable bonds is 7. The van der Waals surface area contributed by atoms with Crippen LogP contribution in [0.1, 0.15) is 80.7 Å². The number of nitrogens with zero attached hydrogens (tertiary/aromatic N) is 1. The zero-order chi connectivity index (χ0) is 49.0. The summed E-state index contributed by atoms with van der Waals surface area (Å²) in [5.41, 5.74) is 23.6. The maximum Gasteiger partial charge on any atom is 0.0468 e. The van der Waals surface area contributed by atoms with Crippen molar-refractivity contribution < 1.29 is 0 Å². The average Bonchev–Trinajstić information content (AvgIpc) is 3.82. The van der Waals surface area contributed by atoms with E-state index in [1.54, 1.807) is 5.57 Å². The Bertz CT molecular complexity index is 4030. The summed E-state index contributed by atoms with van der Waals surface area (Å²) in [4.78, 5) is 2.54. The molecule has 4 aliphatic carbocycles. The molecule has 0 amide bonds. The summed E-state index contributed by atoms with van der Waals surface area (Å²) in [6, 6.07) is 75.5. The second-order valence-electron chi connectivity index (χ2n) is 21.8. The molecule has 14 rings (SSSR count). The van der Waals surface area contributed by atoms with E-state index in [1.165, 1.54) is 122 Å². The van der Waals surface area contributed by atoms with Gasteiger partial charge in [0.05, 0.1) is 0 Å². The van der Waals surface area contributed by atoms with Gasteiger partial charge in [-0.1, -0.05) is 227 Å². The summed E-state index contributed by atoms with van der Waals surface area (Å²) in [5.74, 6) is 0.286. The number of allylic oxidation sites excluding steroid dienone is 7. The fraction of sp³-hybridized carbons (Fsp3) is 0.139. The Labute approximate surface area is 429 Å². The van der Waals surface area contributed by atoms with Crippen LogP contribution in [0.15, 0.2) is 242 Å². The Hall–Kier alpha value is -8.26. The van der Waals surface area contributed by atoms with Crippen LogP contribution in [-0.4, -0.2) is 0 Å². The molecule has 4 aliphatic rings. The Morgan fingerprint density at radius 1 is 0.438 bits per heavy atom. The summed E-state index contributed by atoms with van der Waals surface area (Å²) >= 11 is 0. The van der Waals surface area contributed by atoms with Crippen molar-refractivity contribution in [1.82, 2.24) is 0 Å². The molecule has 1 heteroatoms. The molecule has 0 heterocycles. The zero-order valence-electron chi connectivity index (χ0n) is 42.1. The van der Waals surface area contributed by atoms with E-state index in [0.717, 1.165) is 24.9 Å². The standard InChI is InChI=1S/C72H57N/c1-71(2)64-30-18-16-27-55(64)57-39-34-50(42-66(57)71)46-32-35-51(36-33-46)73(53-37-40-58-56-28-17-19-31-65(56)72(3,4)67(58)44-53)52-38-41-60-63(43-52)54-26-14-15-29-59(54)69-62(48-22-10-6-11-23-48)45-61(47-20-8-5-9-21-47)68(70(60)69)49-24-12-7-13-25-49/h5-17,19-29,31-32,34-46H,18,30,33H2,1-4H3. The average molecular weight is 936 g/mol. The van der Waals surface area contributed by atoms with Crippen LogP contribution in [0.5, 0.6) is 0 Å². The third-order valence-electron chi connectivity index (χ3n) is 17.1. The van der Waals surface area contributed by atoms with Gasteiger partial charge in [0.25, 0.3) is 0 Å². The number of hydrogen-bond acceptors (Lipinski definition) is 1. The second-order valence-corrected chi connectivity index (χ2v) is 21.8. The molecule has 0 saturated carbocycles. The van der Waals surface area contributed by atoms with E-state index in [0.29, 0.717) is 0 Å². The van der Waals surface area contributed by atoms with Crippen molar-refractivity contribution in [1.29, 1.82) is 0 Å². The molecular weight excluding hydrogens is 879 g/mol. The molecule has 1 nitrogen and oxygen atoms in total. The van der Waals surface area contributed by atoms with E-state index >= 15 is 0 Å². The van der Waals surface area contributed by atoms with E-state index < -0.39 is 0 Å². The third kappa shape index (κ3) is 6.75. The van der Waals surface area contributed by atoms with Gasteiger partial charge in [-0.2, -0.15) is 0 Å². The molecule has 0 fully saturated rings. The molecule has 350 valence electrons. The SMILES string of the molecule is CC1(C)C2=C(C=CCC2)c2ccc(C3C=CC(N(c4ccc5c(c4)C(C)(C)c4ccccc4-5)c4ccc5c(c4)c4ccccc4c4c(-c6ccccc6)cc(-c6ccccc6)c(-c6ccccc6)c54)=CC3)cc21. The van der Waals surface area contributed by atoms with Gasteiger partial charge in [-0.15, -0.1) is 0 Å². The molecule has 0 bridgehead atoms. The first-order chi connectivity index (χ1) is 35.7. The highest BCUT2D eigenvalue weighted by molar-refractivity contribution is 6.33. The minimum absolute atomic E-state index is 0.0439. The molecule has 0 N–H and O–H groups in total. The summed E-state index contributed by atoms with van der Waals surface area (Å²) in [7, 11) is 0. The first-order valence-electron chi connectivity index (χ1n) is 26.3. The van der Waals surface area contributed by atoms with Crippen LogP contribution < -0.4 is 4.90 Å². The summed E-state index contributed by atoms with van der Waals surface area (Å²) < 4.78 is 0. The highest BCUT2D eigenvalue weighted by atomic mass is 15.1. The van der Waals surface area contributed by atoms with Gasteiger partial charge in [0.2, 0.25) is 0 Å². The van der Waals surface area contributed by atoms with E-state index in [4.69, 9.17) is 0 Å². The molecule has 0 aliphatic heterocycles. The van der Waals surface area contributed by atoms with Gasteiger partial charge in [0.15, 0.2) is 0 Å². The zero-order valence-corrected chi connectivity index (χ0v) is 42.1. The van der Waals surface area contributed by atoms with Crippen molar-refractivity contribution in [3.63, 3.8) is 0 Å². The van der Waals surface area contributed by atoms with Crippen molar-refractivity contribution >= 4 is 49.3 Å². The molecule has 1 unspecified atom stereocenters. The quantitative estimate of drug-likeness (QED) is 0.144. The monoisotopic (exact) mass is 935 g/mol. The maximum atomic E-state index is 2.54. The van der Waals surface area contributed by atoms with Gasteiger partial charge in [-0.05, 0) is 166 Å². The van der Waals surface area contributed by atoms with Crippen LogP contribution in [-0.2, 0) is 10.8 Å². The lowest BCUT2D eigenvalue weighted by atomic mass is 9.77. The predicted octanol–water partition coefficient (Wildman–Crippen LogP) is 19.6. The maximum absolute atomic E-state index is 2.54. The molecule has 0 radical (unpaired) electrons. The second kappa shape index (κ2) is 16.7. The lowest BCUT2D eigenvalue weighted by molar-refractivity contribution is 0.606. The highest BCUT2D eigenvalue weighted by Gasteiger charge is 2.39. The minimum atomic E-state index is -0.139. The Morgan fingerprint density at radius 2 is 1.05 bits per heavy atom. The summed E-state index contributed by atoms with van der Waals surface area (Å²) in [6.07, 6.45) is 15.3. The Morgan fingerprint density at radius 3 is 1.81 bits per heavy atom. The van der Waals surface area contributed by atoms with Gasteiger partial charge >= 0.3 is 0 Å². The molecule has 0 aromatic heterocycles. The largest absolute Gasteiger partial charge is 0.311 e. The Balaban J connectivity index is 0.982. The molecule has 73 heavy (non-hydrogen) atoms. The van der Waals surface area contributed by atoms with Gasteiger partial charge in [-0.25, -0.2) is 0 Å². The van der Waals surface area contributed by atoms with E-state index in [9.17, 15) is 0 Å². The first kappa shape index (κ1) is 43.5. The van der Waals surface area contributed by atoms with Crippen LogP contribution in [0.25, 0.3) is 82.4 Å². The Kier molecular flexibility index (Phi) is 9.93. The van der Waals surface area contributed by atoms with E-state index in [2.05, 4.69) is 263 Å². The van der Waals surface area contributed by atoms with Crippen LogP contribution in [0.4, 0.5) is 11.4 Å². The first-order valence-corrected chi connectivity index (χ1v) is 26.3. The van der Waals surface area contributed by atoms with E-state index in [1.807, 2.05) is 0 Å². The minimum Gasteiger partial charge on any atom is -0.311 e. The number of anilines is 2. The van der Waals surface area contributed by atoms with Crippen molar-refractivity contribution in [3.05, 3.63) is 270 Å². The van der Waals surface area contributed by atoms with Crippen LogP contribution in [0, 0.1) is 0 Å². The topological polar surface area (TPSA) is 3.24 Å². The van der Waals surface area contributed by atoms with Gasteiger partial charge in [-0.3, -0.25) is 0 Å². The molecule has 0 spiro atoms. The predicted molar refractivity (Wildman–Crippen MR) is 311 cm³/mol. The van der Waals surface area contributed by atoms with E-state index in [-0.39, 0.29) is 16.7 Å². The number of hydrogen-bond donors (Lipinski definition) is 0. The van der Waals surface area contributed by atoms with Crippen molar-refractivity contribution in [2.45, 2.75) is 63.7 Å². The van der Waals surface area contributed by atoms with Gasteiger partial charge in [0.1, 0.15) is 0 Å². The van der Waals surface area contributed by atoms with Crippen LogP contribution >= 0.6 is 0 Å². The molecular formula is C72H57N. The molecule has 10 aromatic rings. The number of fused-ring (bicyclic) bond motifs is 11. The van der Waals surface area contributed by atoms with Crippen molar-refractivity contribution in [2.24, 2.45) is 0 Å². The highest BCUT2D eigenvalue weighted by Crippen LogP contribution is 2.54. The fourth-order valence-corrected chi connectivity index (χ4v) is 13.4. The lowest BCUT2D eigenvalue weighted by Gasteiger charge is -2.31. The summed E-state index contributed by atoms with van der Waals surface area (Å²) in [6.45, 7) is 9.65. The molecule has 10 aromatic carbocycles. The van der Waals surface area contributed by atoms with Crippen LogP contribution in [0.3, 0.4) is 0 Å². The van der Waals surface area contributed by atoms with Crippen LogP contribution in [0.2, 0.25) is 0 Å².